The molecule has 0 bridgehead atoms. The molecule has 1 saturated heterocycles. The number of hydrogen-bond acceptors (Lipinski definition) is 6. The fourth-order valence-electron chi connectivity index (χ4n) is 2.41. The van der Waals surface area contributed by atoms with Crippen molar-refractivity contribution in [1.29, 1.82) is 0 Å². The van der Waals surface area contributed by atoms with Crippen molar-refractivity contribution in [3.63, 3.8) is 0 Å². The topological polar surface area (TPSA) is 96.0 Å². The highest BCUT2D eigenvalue weighted by Gasteiger charge is 2.17. The fraction of sp³-hybridized carbons (Fsp3) is 0.692. The van der Waals surface area contributed by atoms with Crippen LogP contribution < -0.4 is 15.4 Å². The molecule has 1 fully saturated rings. The number of aryl methyl sites for hydroxylation is 1. The third kappa shape index (κ3) is 4.90. The summed E-state index contributed by atoms with van der Waals surface area (Å²) in [6.45, 7) is 4.18. The van der Waals surface area contributed by atoms with Gasteiger partial charge in [0, 0.05) is 25.1 Å². The Labute approximate surface area is 126 Å². The highest BCUT2D eigenvalue weighted by Crippen LogP contribution is 2.23. The van der Waals surface area contributed by atoms with Gasteiger partial charge in [0.25, 0.3) is 0 Å². The maximum Gasteiger partial charge on any atom is 0.213 e. The molecule has 0 saturated carbocycles. The van der Waals surface area contributed by atoms with Crippen LogP contribution in [0.15, 0.2) is 6.07 Å². The molecule has 1 aromatic rings. The van der Waals surface area contributed by atoms with Crippen molar-refractivity contribution < 1.29 is 8.42 Å². The van der Waals surface area contributed by atoms with Crippen LogP contribution >= 0.6 is 0 Å². The number of aromatic nitrogens is 2. The summed E-state index contributed by atoms with van der Waals surface area (Å²) in [5.74, 6) is 1.82. The Kier molecular flexibility index (Phi) is 5.49. The van der Waals surface area contributed by atoms with Crippen molar-refractivity contribution in [1.82, 2.24) is 20.0 Å². The lowest BCUT2D eigenvalue weighted by Crippen LogP contribution is -2.29. The fourth-order valence-corrected chi connectivity index (χ4v) is 2.99. The number of hydrogen-bond donors (Lipinski definition) is 3. The van der Waals surface area contributed by atoms with Crippen LogP contribution in [0.1, 0.15) is 30.3 Å². The number of nitrogens with one attached hydrogen (secondary N) is 3. The molecule has 7 nitrogen and oxygen atoms in total. The first kappa shape index (κ1) is 16.1. The summed E-state index contributed by atoms with van der Waals surface area (Å²) in [6, 6.07) is 1.93. The molecular weight excluding hydrogens is 290 g/mol. The molecule has 3 N–H and O–H groups in total. The van der Waals surface area contributed by atoms with Gasteiger partial charge in [0.15, 0.2) is 0 Å². The lowest BCUT2D eigenvalue weighted by atomic mass is 9.96. The highest BCUT2D eigenvalue weighted by atomic mass is 32.2. The summed E-state index contributed by atoms with van der Waals surface area (Å²) in [6.07, 6.45) is 2.27. The van der Waals surface area contributed by atoms with E-state index in [1.165, 1.54) is 7.05 Å². The Morgan fingerprint density at radius 3 is 2.90 bits per heavy atom. The molecule has 0 radical (unpaired) electrons. The Morgan fingerprint density at radius 1 is 1.43 bits per heavy atom. The van der Waals surface area contributed by atoms with E-state index in [0.29, 0.717) is 24.1 Å². The van der Waals surface area contributed by atoms with Crippen molar-refractivity contribution >= 4 is 15.8 Å². The Morgan fingerprint density at radius 2 is 2.24 bits per heavy atom. The van der Waals surface area contributed by atoms with Crippen molar-refractivity contribution in [2.75, 3.05) is 37.8 Å². The zero-order valence-corrected chi connectivity index (χ0v) is 13.3. The van der Waals surface area contributed by atoms with Crippen LogP contribution in [0.4, 0.5) is 5.82 Å². The molecule has 0 amide bonds. The van der Waals surface area contributed by atoms with E-state index in [0.717, 1.165) is 31.6 Å². The molecule has 1 aromatic heterocycles. The first-order chi connectivity index (χ1) is 10.00. The van der Waals surface area contributed by atoms with E-state index >= 15 is 0 Å². The Bertz CT molecular complexity index is 570. The molecule has 0 aromatic carbocycles. The van der Waals surface area contributed by atoms with E-state index in [-0.39, 0.29) is 5.75 Å². The number of anilines is 1. The van der Waals surface area contributed by atoms with Gasteiger partial charge < -0.3 is 10.6 Å². The maximum atomic E-state index is 11.4. The second-order valence-corrected chi connectivity index (χ2v) is 7.26. The zero-order valence-electron chi connectivity index (χ0n) is 12.5. The van der Waals surface area contributed by atoms with Crippen molar-refractivity contribution in [3.05, 3.63) is 17.6 Å². The van der Waals surface area contributed by atoms with Gasteiger partial charge in [0.1, 0.15) is 11.6 Å². The number of nitrogens with zero attached hydrogens (tertiary/aromatic N) is 2. The molecule has 0 spiro atoms. The van der Waals surface area contributed by atoms with E-state index in [9.17, 15) is 8.42 Å². The van der Waals surface area contributed by atoms with Crippen LogP contribution in [-0.4, -0.2) is 50.8 Å². The van der Waals surface area contributed by atoms with E-state index in [1.807, 2.05) is 13.0 Å². The van der Waals surface area contributed by atoms with E-state index in [4.69, 9.17) is 0 Å². The molecule has 2 rings (SSSR count). The first-order valence-corrected chi connectivity index (χ1v) is 8.87. The van der Waals surface area contributed by atoms with Gasteiger partial charge in [-0.3, -0.25) is 0 Å². The van der Waals surface area contributed by atoms with Crippen LogP contribution in [0.5, 0.6) is 0 Å². The number of rotatable bonds is 6. The third-order valence-electron chi connectivity index (χ3n) is 3.56. The maximum absolute atomic E-state index is 11.4. The number of sulfonamides is 1. The van der Waals surface area contributed by atoms with Crippen molar-refractivity contribution in [2.24, 2.45) is 0 Å². The molecule has 2 heterocycles. The summed E-state index contributed by atoms with van der Waals surface area (Å²) < 4.78 is 25.1. The standard InChI is InChI=1S/C13H23N5O2S/c1-10-17-12(11-4-3-5-15-9-11)8-13(18-10)16-6-7-21(19,20)14-2/h8,11,14-15H,3-7,9H2,1-2H3,(H,16,17,18). The van der Waals surface area contributed by atoms with Gasteiger partial charge in [0.2, 0.25) is 10.0 Å². The van der Waals surface area contributed by atoms with Crippen LogP contribution in [-0.2, 0) is 10.0 Å². The SMILES string of the molecule is CNS(=O)(=O)CCNc1cc(C2CCCNC2)nc(C)n1. The Balaban J connectivity index is 2.01. The summed E-state index contributed by atoms with van der Waals surface area (Å²) in [4.78, 5) is 8.83. The van der Waals surface area contributed by atoms with Gasteiger partial charge in [-0.05, 0) is 33.4 Å². The second-order valence-electron chi connectivity index (χ2n) is 5.22. The molecule has 1 atom stereocenters. The second kappa shape index (κ2) is 7.15. The summed E-state index contributed by atoms with van der Waals surface area (Å²) in [5.41, 5.74) is 1.02. The smallest absolute Gasteiger partial charge is 0.213 e. The normalized spacial score (nSPS) is 19.4. The predicted molar refractivity (Wildman–Crippen MR) is 82.9 cm³/mol. The van der Waals surface area contributed by atoms with Gasteiger partial charge in [0.05, 0.1) is 11.4 Å². The molecule has 0 aliphatic carbocycles. The van der Waals surface area contributed by atoms with Gasteiger partial charge >= 0.3 is 0 Å². The monoisotopic (exact) mass is 313 g/mol. The minimum absolute atomic E-state index is 0.0207. The quantitative estimate of drug-likeness (QED) is 0.695. The number of piperidine rings is 1. The lowest BCUT2D eigenvalue weighted by Gasteiger charge is -2.22. The summed E-state index contributed by atoms with van der Waals surface area (Å²) >= 11 is 0. The van der Waals surface area contributed by atoms with Crippen molar-refractivity contribution in [3.8, 4) is 0 Å². The lowest BCUT2D eigenvalue weighted by molar-refractivity contribution is 0.453. The van der Waals surface area contributed by atoms with Gasteiger partial charge in [-0.25, -0.2) is 23.1 Å². The largest absolute Gasteiger partial charge is 0.369 e. The van der Waals surface area contributed by atoms with Gasteiger partial charge in [-0.15, -0.1) is 0 Å². The summed E-state index contributed by atoms with van der Waals surface area (Å²) in [7, 11) is -1.78. The molecular formula is C13H23N5O2S. The minimum atomic E-state index is -3.20. The molecule has 21 heavy (non-hydrogen) atoms. The van der Waals surface area contributed by atoms with E-state index < -0.39 is 10.0 Å². The average Bonchev–Trinajstić information content (AvgIpc) is 2.47. The first-order valence-electron chi connectivity index (χ1n) is 7.21. The van der Waals surface area contributed by atoms with E-state index in [1.54, 1.807) is 0 Å². The zero-order chi connectivity index (χ0) is 15.3. The minimum Gasteiger partial charge on any atom is -0.369 e. The van der Waals surface area contributed by atoms with Gasteiger partial charge in [-0.1, -0.05) is 0 Å². The van der Waals surface area contributed by atoms with Crippen molar-refractivity contribution in [2.45, 2.75) is 25.7 Å². The Hall–Kier alpha value is -1.25. The van der Waals surface area contributed by atoms with Crippen LogP contribution in [0.2, 0.25) is 0 Å². The van der Waals surface area contributed by atoms with Gasteiger partial charge in [-0.2, -0.15) is 0 Å². The van der Waals surface area contributed by atoms with Crippen LogP contribution in [0.25, 0.3) is 0 Å². The summed E-state index contributed by atoms with van der Waals surface area (Å²) in [5, 5.41) is 6.44. The third-order valence-corrected chi connectivity index (χ3v) is 4.92. The van der Waals surface area contributed by atoms with E-state index in [2.05, 4.69) is 25.3 Å². The van der Waals surface area contributed by atoms with Crippen LogP contribution in [0.3, 0.4) is 0 Å². The molecule has 8 heteroatoms. The average molecular weight is 313 g/mol. The molecule has 1 unspecified atom stereocenters. The van der Waals surface area contributed by atoms with Crippen LogP contribution in [0, 0.1) is 6.92 Å². The predicted octanol–water partition coefficient (Wildman–Crippen LogP) is 0.213. The highest BCUT2D eigenvalue weighted by molar-refractivity contribution is 7.89. The molecule has 1 aliphatic rings. The molecule has 118 valence electrons. The molecule has 1 aliphatic heterocycles.